The van der Waals surface area contributed by atoms with E-state index in [-0.39, 0.29) is 5.56 Å². The Morgan fingerprint density at radius 1 is 1.33 bits per heavy atom. The minimum Gasteiger partial charge on any atom is -0.350 e. The molecule has 5 heteroatoms. The van der Waals surface area contributed by atoms with Gasteiger partial charge in [0.15, 0.2) is 0 Å². The fourth-order valence-electron chi connectivity index (χ4n) is 1.60. The maximum Gasteiger partial charge on any atom is 0.291 e. The summed E-state index contributed by atoms with van der Waals surface area (Å²) in [4.78, 5) is 11.9. The van der Waals surface area contributed by atoms with Gasteiger partial charge in [-0.15, -0.1) is 0 Å². The van der Waals surface area contributed by atoms with Crippen LogP contribution < -0.4 is 10.9 Å². The van der Waals surface area contributed by atoms with Crippen molar-refractivity contribution in [3.63, 3.8) is 0 Å². The van der Waals surface area contributed by atoms with E-state index in [1.165, 1.54) is 16.4 Å². The Kier molecular flexibility index (Phi) is 3.67. The molecule has 0 aliphatic carbocycles. The quantitative estimate of drug-likeness (QED) is 0.926. The number of rotatable bonds is 3. The second-order valence-electron chi connectivity index (χ2n) is 3.97. The molecule has 0 bridgehead atoms. The minimum absolute atomic E-state index is 0.248. The third kappa shape index (κ3) is 2.54. The van der Waals surface area contributed by atoms with Gasteiger partial charge in [-0.2, -0.15) is 5.10 Å². The van der Waals surface area contributed by atoms with Crippen LogP contribution in [0.15, 0.2) is 35.3 Å². The summed E-state index contributed by atoms with van der Waals surface area (Å²) >= 11 is 5.97. The highest BCUT2D eigenvalue weighted by Crippen LogP contribution is 2.20. The molecule has 0 spiro atoms. The molecule has 0 aliphatic heterocycles. The summed E-state index contributed by atoms with van der Waals surface area (Å²) in [6.45, 7) is 2.10. The van der Waals surface area contributed by atoms with E-state index in [2.05, 4.69) is 17.3 Å². The molecule has 94 valence electrons. The van der Waals surface area contributed by atoms with E-state index in [0.29, 0.717) is 10.7 Å². The summed E-state index contributed by atoms with van der Waals surface area (Å²) in [5.41, 5.74) is 2.17. The molecule has 1 heterocycles. The lowest BCUT2D eigenvalue weighted by molar-refractivity contribution is 0.710. The number of hydrogen-bond acceptors (Lipinski definition) is 3. The standard InChI is InChI=1S/C13H14ClN3O/c1-3-9-4-6-10(7-5-9)16-12-11(14)8-15-17(2)13(12)18/h4-8,16H,3H2,1-2H3. The lowest BCUT2D eigenvalue weighted by Crippen LogP contribution is -2.22. The second kappa shape index (κ2) is 5.23. The lowest BCUT2D eigenvalue weighted by atomic mass is 10.1. The van der Waals surface area contributed by atoms with Crippen LogP contribution in [0.4, 0.5) is 11.4 Å². The van der Waals surface area contributed by atoms with Gasteiger partial charge in [0.1, 0.15) is 5.69 Å². The monoisotopic (exact) mass is 263 g/mol. The first-order valence-electron chi connectivity index (χ1n) is 5.69. The number of aromatic nitrogens is 2. The van der Waals surface area contributed by atoms with Crippen LogP contribution in [0.3, 0.4) is 0 Å². The molecule has 0 saturated heterocycles. The van der Waals surface area contributed by atoms with Crippen LogP contribution in [0.5, 0.6) is 0 Å². The molecule has 1 N–H and O–H groups in total. The van der Waals surface area contributed by atoms with E-state index in [9.17, 15) is 4.79 Å². The first-order valence-corrected chi connectivity index (χ1v) is 6.07. The van der Waals surface area contributed by atoms with E-state index in [4.69, 9.17) is 11.6 Å². The highest BCUT2D eigenvalue weighted by atomic mass is 35.5. The fraction of sp³-hybridized carbons (Fsp3) is 0.231. The van der Waals surface area contributed by atoms with Gasteiger partial charge in [0.25, 0.3) is 5.56 Å². The average Bonchev–Trinajstić information content (AvgIpc) is 2.40. The Morgan fingerprint density at radius 3 is 2.61 bits per heavy atom. The third-order valence-electron chi connectivity index (χ3n) is 2.72. The number of nitrogens with one attached hydrogen (secondary N) is 1. The molecule has 4 nitrogen and oxygen atoms in total. The van der Waals surface area contributed by atoms with Gasteiger partial charge in [-0.25, -0.2) is 4.68 Å². The molecule has 0 saturated carbocycles. The van der Waals surface area contributed by atoms with E-state index in [1.54, 1.807) is 7.05 Å². The predicted octanol–water partition coefficient (Wildman–Crippen LogP) is 2.74. The van der Waals surface area contributed by atoms with Gasteiger partial charge in [0, 0.05) is 12.7 Å². The summed E-state index contributed by atoms with van der Waals surface area (Å²) in [5.74, 6) is 0. The zero-order valence-electron chi connectivity index (χ0n) is 10.3. The van der Waals surface area contributed by atoms with Crippen molar-refractivity contribution < 1.29 is 0 Å². The van der Waals surface area contributed by atoms with Crippen LogP contribution in [-0.2, 0) is 13.5 Å². The average molecular weight is 264 g/mol. The molecule has 0 fully saturated rings. The van der Waals surface area contributed by atoms with Gasteiger partial charge >= 0.3 is 0 Å². The first kappa shape index (κ1) is 12.6. The molecular formula is C13H14ClN3O. The largest absolute Gasteiger partial charge is 0.350 e. The number of nitrogens with zero attached hydrogens (tertiary/aromatic N) is 2. The Balaban J connectivity index is 2.33. The molecule has 1 aromatic heterocycles. The van der Waals surface area contributed by atoms with Gasteiger partial charge in [-0.3, -0.25) is 4.79 Å². The topological polar surface area (TPSA) is 46.9 Å². The van der Waals surface area contributed by atoms with Crippen molar-refractivity contribution in [2.45, 2.75) is 13.3 Å². The van der Waals surface area contributed by atoms with Crippen molar-refractivity contribution in [3.05, 3.63) is 51.4 Å². The van der Waals surface area contributed by atoms with E-state index < -0.39 is 0 Å². The van der Waals surface area contributed by atoms with Gasteiger partial charge < -0.3 is 5.32 Å². The normalized spacial score (nSPS) is 10.4. The highest BCUT2D eigenvalue weighted by molar-refractivity contribution is 6.33. The van der Waals surface area contributed by atoms with Crippen molar-refractivity contribution in [3.8, 4) is 0 Å². The fourth-order valence-corrected chi connectivity index (χ4v) is 1.77. The van der Waals surface area contributed by atoms with Crippen LogP contribution in [0.25, 0.3) is 0 Å². The van der Waals surface area contributed by atoms with Crippen molar-refractivity contribution in [1.29, 1.82) is 0 Å². The maximum atomic E-state index is 11.9. The van der Waals surface area contributed by atoms with Gasteiger partial charge in [-0.05, 0) is 24.1 Å². The van der Waals surface area contributed by atoms with E-state index >= 15 is 0 Å². The molecule has 0 unspecified atom stereocenters. The van der Waals surface area contributed by atoms with Crippen LogP contribution >= 0.6 is 11.6 Å². The number of benzene rings is 1. The molecule has 0 atom stereocenters. The molecule has 1 aromatic carbocycles. The summed E-state index contributed by atoms with van der Waals surface area (Å²) in [6, 6.07) is 7.88. The van der Waals surface area contributed by atoms with Crippen molar-refractivity contribution in [2.75, 3.05) is 5.32 Å². The summed E-state index contributed by atoms with van der Waals surface area (Å²) in [7, 11) is 1.59. The number of hydrogen-bond donors (Lipinski definition) is 1. The van der Waals surface area contributed by atoms with Crippen LogP contribution in [0.1, 0.15) is 12.5 Å². The lowest BCUT2D eigenvalue weighted by Gasteiger charge is -2.09. The van der Waals surface area contributed by atoms with Crippen LogP contribution in [0, 0.1) is 0 Å². The molecule has 0 amide bonds. The third-order valence-corrected chi connectivity index (χ3v) is 3.01. The van der Waals surface area contributed by atoms with Crippen molar-refractivity contribution in [2.24, 2.45) is 7.05 Å². The van der Waals surface area contributed by atoms with Crippen LogP contribution in [-0.4, -0.2) is 9.78 Å². The Morgan fingerprint density at radius 2 is 2.00 bits per heavy atom. The molecule has 2 rings (SSSR count). The highest BCUT2D eigenvalue weighted by Gasteiger charge is 2.08. The number of anilines is 2. The van der Waals surface area contributed by atoms with Crippen molar-refractivity contribution in [1.82, 2.24) is 9.78 Å². The molecule has 18 heavy (non-hydrogen) atoms. The smallest absolute Gasteiger partial charge is 0.291 e. The van der Waals surface area contributed by atoms with E-state index in [0.717, 1.165) is 12.1 Å². The van der Waals surface area contributed by atoms with Gasteiger partial charge in [0.05, 0.1) is 11.2 Å². The number of halogens is 1. The first-order chi connectivity index (χ1) is 8.61. The van der Waals surface area contributed by atoms with Crippen molar-refractivity contribution >= 4 is 23.0 Å². The summed E-state index contributed by atoms with van der Waals surface area (Å²) < 4.78 is 1.24. The second-order valence-corrected chi connectivity index (χ2v) is 4.38. The zero-order chi connectivity index (χ0) is 13.1. The minimum atomic E-state index is -0.248. The Bertz CT molecular complexity index is 605. The molecule has 2 aromatic rings. The Hall–Kier alpha value is -1.81. The maximum absolute atomic E-state index is 11.9. The zero-order valence-corrected chi connectivity index (χ0v) is 11.0. The molecule has 0 aliphatic rings. The van der Waals surface area contributed by atoms with E-state index in [1.807, 2.05) is 24.3 Å². The summed E-state index contributed by atoms with van der Waals surface area (Å²) in [6.07, 6.45) is 2.43. The number of aryl methyl sites for hydroxylation is 2. The molecular weight excluding hydrogens is 250 g/mol. The Labute approximate surface area is 110 Å². The summed E-state index contributed by atoms with van der Waals surface area (Å²) in [5, 5.41) is 7.18. The SMILES string of the molecule is CCc1ccc(Nc2c(Cl)cnn(C)c2=O)cc1. The van der Waals surface area contributed by atoms with Gasteiger partial charge in [-0.1, -0.05) is 30.7 Å². The predicted molar refractivity (Wildman–Crippen MR) is 73.6 cm³/mol. The van der Waals surface area contributed by atoms with Crippen LogP contribution in [0.2, 0.25) is 5.02 Å². The molecule has 0 radical (unpaired) electrons. The van der Waals surface area contributed by atoms with Gasteiger partial charge in [0.2, 0.25) is 0 Å².